The summed E-state index contributed by atoms with van der Waals surface area (Å²) in [6.45, 7) is 1.63. The van der Waals surface area contributed by atoms with Gasteiger partial charge in [0.25, 0.3) is 0 Å². The Labute approximate surface area is 113 Å². The number of nitrogens with one attached hydrogen (secondary N) is 2. The van der Waals surface area contributed by atoms with Gasteiger partial charge in [0, 0.05) is 6.54 Å². The van der Waals surface area contributed by atoms with Gasteiger partial charge in [0.1, 0.15) is 0 Å². The topological polar surface area (TPSA) is 58.2 Å². The van der Waals surface area contributed by atoms with E-state index in [4.69, 9.17) is 0 Å². The van der Waals surface area contributed by atoms with Crippen molar-refractivity contribution >= 4 is 11.8 Å². The van der Waals surface area contributed by atoms with E-state index in [1.165, 1.54) is 0 Å². The zero-order valence-electron chi connectivity index (χ0n) is 11.0. The van der Waals surface area contributed by atoms with E-state index in [0.717, 1.165) is 31.4 Å². The fraction of sp³-hybridized carbons (Fsp3) is 0.467. The molecule has 0 aromatic heterocycles. The minimum atomic E-state index is -0.222. The number of carbonyl (C=O) groups is 2. The van der Waals surface area contributed by atoms with Gasteiger partial charge < -0.3 is 5.32 Å². The van der Waals surface area contributed by atoms with E-state index >= 15 is 0 Å². The van der Waals surface area contributed by atoms with Crippen LogP contribution in [0.25, 0.3) is 0 Å². The lowest BCUT2D eigenvalue weighted by Gasteiger charge is -2.13. The molecule has 102 valence electrons. The molecule has 1 aliphatic heterocycles. The second kappa shape index (κ2) is 7.04. The Hall–Kier alpha value is -1.68. The van der Waals surface area contributed by atoms with Gasteiger partial charge in [0.15, 0.2) is 0 Å². The summed E-state index contributed by atoms with van der Waals surface area (Å²) in [5.74, 6) is -0.446. The first kappa shape index (κ1) is 13.7. The Morgan fingerprint density at radius 3 is 2.79 bits per heavy atom. The van der Waals surface area contributed by atoms with Crippen molar-refractivity contribution in [2.24, 2.45) is 5.92 Å². The van der Waals surface area contributed by atoms with Gasteiger partial charge in [-0.25, -0.2) is 0 Å². The highest BCUT2D eigenvalue weighted by atomic mass is 16.2. The van der Waals surface area contributed by atoms with Gasteiger partial charge in [-0.3, -0.25) is 14.9 Å². The van der Waals surface area contributed by atoms with E-state index in [2.05, 4.69) is 10.6 Å². The van der Waals surface area contributed by atoms with E-state index in [-0.39, 0.29) is 24.2 Å². The molecule has 0 bridgehead atoms. The molecule has 2 rings (SSSR count). The molecule has 19 heavy (non-hydrogen) atoms. The molecule has 4 heteroatoms. The second-order valence-corrected chi connectivity index (χ2v) is 4.97. The van der Waals surface area contributed by atoms with Gasteiger partial charge in [0.2, 0.25) is 11.8 Å². The van der Waals surface area contributed by atoms with Gasteiger partial charge >= 0.3 is 0 Å². The fourth-order valence-corrected chi connectivity index (χ4v) is 2.31. The molecule has 1 aromatic rings. The summed E-state index contributed by atoms with van der Waals surface area (Å²) >= 11 is 0. The summed E-state index contributed by atoms with van der Waals surface area (Å²) in [7, 11) is 0. The molecule has 1 unspecified atom stereocenters. The minimum Gasteiger partial charge on any atom is -0.316 e. The van der Waals surface area contributed by atoms with Crippen molar-refractivity contribution in [1.82, 2.24) is 10.6 Å². The lowest BCUT2D eigenvalue weighted by Crippen LogP contribution is -2.39. The fourth-order valence-electron chi connectivity index (χ4n) is 2.31. The van der Waals surface area contributed by atoms with Gasteiger partial charge in [-0.15, -0.1) is 0 Å². The predicted molar refractivity (Wildman–Crippen MR) is 73.5 cm³/mol. The molecule has 1 aliphatic rings. The third-order valence-corrected chi connectivity index (χ3v) is 3.39. The van der Waals surface area contributed by atoms with Gasteiger partial charge in [-0.1, -0.05) is 36.8 Å². The number of hydrogen-bond acceptors (Lipinski definition) is 3. The van der Waals surface area contributed by atoms with Gasteiger partial charge in [-0.2, -0.15) is 0 Å². The third-order valence-electron chi connectivity index (χ3n) is 3.39. The van der Waals surface area contributed by atoms with Crippen molar-refractivity contribution in [2.45, 2.75) is 25.7 Å². The Morgan fingerprint density at radius 1 is 1.21 bits per heavy atom. The third kappa shape index (κ3) is 4.48. The van der Waals surface area contributed by atoms with Crippen molar-refractivity contribution in [3.63, 3.8) is 0 Å². The number of amides is 2. The predicted octanol–water partition coefficient (Wildman–Crippen LogP) is 1.26. The maximum absolute atomic E-state index is 12.0. The molecule has 0 aliphatic carbocycles. The number of carbonyl (C=O) groups excluding carboxylic acids is 2. The highest BCUT2D eigenvalue weighted by Gasteiger charge is 2.21. The maximum Gasteiger partial charge on any atom is 0.230 e. The van der Waals surface area contributed by atoms with E-state index in [1.54, 1.807) is 0 Å². The molecule has 0 saturated carbocycles. The molecule has 1 fully saturated rings. The molecule has 1 saturated heterocycles. The minimum absolute atomic E-state index is 0.0813. The van der Waals surface area contributed by atoms with E-state index in [0.29, 0.717) is 6.54 Å². The number of hydrogen-bond donors (Lipinski definition) is 2. The summed E-state index contributed by atoms with van der Waals surface area (Å²) in [4.78, 5) is 23.8. The standard InChI is InChI=1S/C15H20N2O2/c18-14(10-12-6-2-1-3-7-12)17-15(19)13-8-4-5-9-16-11-13/h1-3,6-7,13,16H,4-5,8-11H2,(H,17,18,19). The summed E-state index contributed by atoms with van der Waals surface area (Å²) < 4.78 is 0. The quantitative estimate of drug-likeness (QED) is 0.860. The molecule has 4 nitrogen and oxygen atoms in total. The van der Waals surface area contributed by atoms with Crippen LogP contribution in [-0.2, 0) is 16.0 Å². The molecule has 1 atom stereocenters. The van der Waals surface area contributed by atoms with Crippen LogP contribution >= 0.6 is 0 Å². The van der Waals surface area contributed by atoms with Gasteiger partial charge in [0.05, 0.1) is 12.3 Å². The highest BCUT2D eigenvalue weighted by Crippen LogP contribution is 2.11. The zero-order valence-corrected chi connectivity index (χ0v) is 11.0. The zero-order chi connectivity index (χ0) is 13.5. The van der Waals surface area contributed by atoms with Crippen LogP contribution < -0.4 is 10.6 Å². The van der Waals surface area contributed by atoms with Crippen LogP contribution in [0.2, 0.25) is 0 Å². The average Bonchev–Trinajstić information content (AvgIpc) is 2.68. The molecular formula is C15H20N2O2. The highest BCUT2D eigenvalue weighted by molar-refractivity contribution is 5.97. The molecule has 0 spiro atoms. The monoisotopic (exact) mass is 260 g/mol. The normalized spacial score (nSPS) is 19.5. The van der Waals surface area contributed by atoms with Crippen LogP contribution in [0.3, 0.4) is 0 Å². The Morgan fingerprint density at radius 2 is 2.00 bits per heavy atom. The maximum atomic E-state index is 12.0. The first-order valence-electron chi connectivity index (χ1n) is 6.84. The Bertz CT molecular complexity index is 423. The lowest BCUT2D eigenvalue weighted by atomic mass is 10.0. The molecule has 0 radical (unpaired) electrons. The smallest absolute Gasteiger partial charge is 0.230 e. The van der Waals surface area contributed by atoms with Crippen molar-refractivity contribution in [3.8, 4) is 0 Å². The molecule has 2 N–H and O–H groups in total. The van der Waals surface area contributed by atoms with E-state index < -0.39 is 0 Å². The van der Waals surface area contributed by atoms with Crippen LogP contribution in [-0.4, -0.2) is 24.9 Å². The van der Waals surface area contributed by atoms with Crippen molar-refractivity contribution in [2.75, 3.05) is 13.1 Å². The Balaban J connectivity index is 1.82. The van der Waals surface area contributed by atoms with Crippen molar-refractivity contribution in [3.05, 3.63) is 35.9 Å². The van der Waals surface area contributed by atoms with Gasteiger partial charge in [-0.05, 0) is 24.9 Å². The summed E-state index contributed by atoms with van der Waals surface area (Å²) in [6.07, 6.45) is 3.25. The molecule has 1 aromatic carbocycles. The van der Waals surface area contributed by atoms with Crippen molar-refractivity contribution < 1.29 is 9.59 Å². The number of benzene rings is 1. The van der Waals surface area contributed by atoms with Crippen molar-refractivity contribution in [1.29, 1.82) is 0 Å². The lowest BCUT2D eigenvalue weighted by molar-refractivity contribution is -0.132. The second-order valence-electron chi connectivity index (χ2n) is 4.97. The van der Waals surface area contributed by atoms with Crippen LogP contribution in [0, 0.1) is 5.92 Å². The Kier molecular flexibility index (Phi) is 5.10. The molecule has 1 heterocycles. The van der Waals surface area contributed by atoms with E-state index in [1.807, 2.05) is 30.3 Å². The van der Waals surface area contributed by atoms with Crippen LogP contribution in [0.4, 0.5) is 0 Å². The number of imide groups is 1. The molecule has 2 amide bonds. The first-order valence-corrected chi connectivity index (χ1v) is 6.84. The van der Waals surface area contributed by atoms with E-state index in [9.17, 15) is 9.59 Å². The molecular weight excluding hydrogens is 240 g/mol. The average molecular weight is 260 g/mol. The van der Waals surface area contributed by atoms with Crippen LogP contribution in [0.15, 0.2) is 30.3 Å². The summed E-state index contributed by atoms with van der Waals surface area (Å²) in [6, 6.07) is 9.46. The largest absolute Gasteiger partial charge is 0.316 e. The van der Waals surface area contributed by atoms with Crippen LogP contribution in [0.5, 0.6) is 0 Å². The van der Waals surface area contributed by atoms with Crippen LogP contribution in [0.1, 0.15) is 24.8 Å². The summed E-state index contributed by atoms with van der Waals surface area (Å²) in [5, 5.41) is 5.74. The number of rotatable bonds is 3. The first-order chi connectivity index (χ1) is 9.25. The SMILES string of the molecule is O=C(Cc1ccccc1)NC(=O)C1CCCCNC1. The summed E-state index contributed by atoms with van der Waals surface area (Å²) in [5.41, 5.74) is 0.923.